The Bertz CT molecular complexity index is 1250. The minimum absolute atomic E-state index is 0.135. The normalized spacial score (nSPS) is 17.4. The van der Waals surface area contributed by atoms with E-state index in [1.807, 2.05) is 37.3 Å². The third-order valence-electron chi connectivity index (χ3n) is 6.05. The molecule has 1 aliphatic rings. The van der Waals surface area contributed by atoms with E-state index in [-0.39, 0.29) is 12.1 Å². The minimum Gasteiger partial charge on any atom is -0.338 e. The van der Waals surface area contributed by atoms with Crippen molar-refractivity contribution in [3.63, 3.8) is 0 Å². The van der Waals surface area contributed by atoms with E-state index in [1.165, 1.54) is 24.8 Å². The molecular weight excluding hydrogens is 392 g/mol. The van der Waals surface area contributed by atoms with Gasteiger partial charge in [-0.05, 0) is 39.3 Å². The number of hydrogen-bond acceptors (Lipinski definition) is 6. The van der Waals surface area contributed by atoms with Crippen molar-refractivity contribution in [2.45, 2.75) is 52.2 Å². The third kappa shape index (κ3) is 4.03. The Balaban J connectivity index is 1.36. The van der Waals surface area contributed by atoms with Gasteiger partial charge in [0.15, 0.2) is 5.82 Å². The van der Waals surface area contributed by atoms with Crippen LogP contribution in [0.1, 0.15) is 43.5 Å². The Labute approximate surface area is 180 Å². The highest BCUT2D eigenvalue weighted by Gasteiger charge is 2.21. The number of aromatic nitrogens is 5. The van der Waals surface area contributed by atoms with E-state index in [1.54, 1.807) is 21.5 Å². The molecule has 1 atom stereocenters. The van der Waals surface area contributed by atoms with Gasteiger partial charge in [0.05, 0.1) is 18.8 Å². The molecule has 5 rings (SSSR count). The van der Waals surface area contributed by atoms with Crippen molar-refractivity contribution in [3.05, 3.63) is 70.4 Å². The zero-order chi connectivity index (χ0) is 21.4. The number of fused-ring (bicyclic) bond motifs is 1. The number of rotatable bonds is 5. The number of benzene rings is 1. The molecule has 1 aliphatic heterocycles. The van der Waals surface area contributed by atoms with E-state index >= 15 is 0 Å². The largest absolute Gasteiger partial charge is 0.338 e. The van der Waals surface area contributed by atoms with Crippen molar-refractivity contribution in [2.24, 2.45) is 0 Å². The van der Waals surface area contributed by atoms with Gasteiger partial charge in [0, 0.05) is 24.0 Å². The van der Waals surface area contributed by atoms with Crippen molar-refractivity contribution in [3.8, 4) is 11.3 Å². The van der Waals surface area contributed by atoms with Gasteiger partial charge < -0.3 is 9.09 Å². The van der Waals surface area contributed by atoms with Crippen LogP contribution in [0.4, 0.5) is 0 Å². The predicted octanol–water partition coefficient (Wildman–Crippen LogP) is 3.28. The van der Waals surface area contributed by atoms with Gasteiger partial charge in [-0.2, -0.15) is 10.1 Å². The monoisotopic (exact) mass is 418 g/mol. The summed E-state index contributed by atoms with van der Waals surface area (Å²) in [5.41, 5.74) is 3.32. The van der Waals surface area contributed by atoms with E-state index < -0.39 is 0 Å². The first kappa shape index (κ1) is 19.7. The third-order valence-corrected chi connectivity index (χ3v) is 6.05. The molecule has 1 unspecified atom stereocenters. The van der Waals surface area contributed by atoms with Crippen LogP contribution in [0.3, 0.4) is 0 Å². The summed E-state index contributed by atoms with van der Waals surface area (Å²) in [7, 11) is 0. The van der Waals surface area contributed by atoms with E-state index in [9.17, 15) is 4.79 Å². The summed E-state index contributed by atoms with van der Waals surface area (Å²) in [6.07, 6.45) is 7.18. The standard InChI is InChI=1S/C23H26N6O2/c1-16-6-8-18(9-7-16)19-13-20-23(30)28(11-12-29(20)25-19)14-21-24-22(31-26-21)15-27-10-4-3-5-17(27)2/h6-9,11-13,17H,3-5,10,14-15H2,1-2H3. The average Bonchev–Trinajstić information content (AvgIpc) is 3.40. The second-order valence-electron chi connectivity index (χ2n) is 8.38. The van der Waals surface area contributed by atoms with Gasteiger partial charge in [0.1, 0.15) is 5.52 Å². The van der Waals surface area contributed by atoms with Gasteiger partial charge in [0.25, 0.3) is 5.56 Å². The lowest BCUT2D eigenvalue weighted by Crippen LogP contribution is -2.36. The zero-order valence-electron chi connectivity index (χ0n) is 17.9. The van der Waals surface area contributed by atoms with Gasteiger partial charge >= 0.3 is 0 Å². The predicted molar refractivity (Wildman–Crippen MR) is 117 cm³/mol. The summed E-state index contributed by atoms with van der Waals surface area (Å²) < 4.78 is 8.66. The van der Waals surface area contributed by atoms with Crippen LogP contribution in [0.2, 0.25) is 0 Å². The molecule has 0 N–H and O–H groups in total. The maximum Gasteiger partial charge on any atom is 0.277 e. The first-order chi connectivity index (χ1) is 15.1. The molecule has 0 saturated carbocycles. The number of piperidine rings is 1. The highest BCUT2D eigenvalue weighted by atomic mass is 16.5. The van der Waals surface area contributed by atoms with Crippen LogP contribution in [-0.2, 0) is 13.1 Å². The molecule has 4 aromatic rings. The summed E-state index contributed by atoms with van der Waals surface area (Å²) in [6, 6.07) is 10.5. The van der Waals surface area contributed by atoms with Gasteiger partial charge in [0.2, 0.25) is 5.89 Å². The molecule has 0 aliphatic carbocycles. The highest BCUT2D eigenvalue weighted by molar-refractivity contribution is 5.65. The Morgan fingerprint density at radius 1 is 1.13 bits per heavy atom. The Hall–Kier alpha value is -3.26. The fourth-order valence-corrected chi connectivity index (χ4v) is 4.15. The first-order valence-corrected chi connectivity index (χ1v) is 10.8. The summed E-state index contributed by atoms with van der Waals surface area (Å²) >= 11 is 0. The molecule has 31 heavy (non-hydrogen) atoms. The summed E-state index contributed by atoms with van der Waals surface area (Å²) in [5, 5.41) is 8.64. The van der Waals surface area contributed by atoms with Crippen LogP contribution in [0.25, 0.3) is 16.8 Å². The lowest BCUT2D eigenvalue weighted by molar-refractivity contribution is 0.135. The molecule has 3 aromatic heterocycles. The van der Waals surface area contributed by atoms with Gasteiger partial charge in [-0.3, -0.25) is 9.69 Å². The number of aryl methyl sites for hydroxylation is 1. The fraction of sp³-hybridized carbons (Fsp3) is 0.391. The van der Waals surface area contributed by atoms with Crippen LogP contribution in [0.5, 0.6) is 0 Å². The molecule has 160 valence electrons. The van der Waals surface area contributed by atoms with Gasteiger partial charge in [-0.1, -0.05) is 41.4 Å². The Kier molecular flexibility index (Phi) is 5.15. The Morgan fingerprint density at radius 2 is 1.97 bits per heavy atom. The van der Waals surface area contributed by atoms with Crippen molar-refractivity contribution in [2.75, 3.05) is 6.54 Å². The summed E-state index contributed by atoms with van der Waals surface area (Å²) in [6.45, 7) is 6.26. The van der Waals surface area contributed by atoms with Crippen LogP contribution >= 0.6 is 0 Å². The SMILES string of the molecule is Cc1ccc(-c2cc3c(=O)n(Cc4noc(CN5CCCCC5C)n4)ccn3n2)cc1. The van der Waals surface area contributed by atoms with Gasteiger partial charge in [-0.15, -0.1) is 0 Å². The quantitative estimate of drug-likeness (QED) is 0.495. The number of hydrogen-bond donors (Lipinski definition) is 0. The highest BCUT2D eigenvalue weighted by Crippen LogP contribution is 2.20. The molecule has 8 heteroatoms. The number of nitrogens with zero attached hydrogens (tertiary/aromatic N) is 6. The molecule has 0 spiro atoms. The molecule has 0 amide bonds. The molecule has 1 fully saturated rings. The summed E-state index contributed by atoms with van der Waals surface area (Å²) in [4.78, 5) is 19.9. The van der Waals surface area contributed by atoms with E-state index in [0.717, 1.165) is 17.8 Å². The molecule has 4 heterocycles. The van der Waals surface area contributed by atoms with Crippen molar-refractivity contribution >= 4 is 5.52 Å². The van der Waals surface area contributed by atoms with E-state index in [0.29, 0.717) is 29.8 Å². The minimum atomic E-state index is -0.135. The van der Waals surface area contributed by atoms with Crippen LogP contribution in [0.15, 0.2) is 52.0 Å². The van der Waals surface area contributed by atoms with Crippen LogP contribution in [-0.4, -0.2) is 41.8 Å². The second-order valence-corrected chi connectivity index (χ2v) is 8.38. The van der Waals surface area contributed by atoms with Crippen molar-refractivity contribution in [1.29, 1.82) is 0 Å². The lowest BCUT2D eigenvalue weighted by atomic mass is 10.0. The molecule has 8 nitrogen and oxygen atoms in total. The number of likely N-dealkylation sites (tertiary alicyclic amines) is 1. The van der Waals surface area contributed by atoms with Crippen molar-refractivity contribution < 1.29 is 4.52 Å². The van der Waals surface area contributed by atoms with Gasteiger partial charge in [-0.25, -0.2) is 4.52 Å². The second kappa shape index (κ2) is 8.11. The maximum atomic E-state index is 13.0. The molecule has 1 saturated heterocycles. The smallest absolute Gasteiger partial charge is 0.277 e. The molecule has 0 bridgehead atoms. The van der Waals surface area contributed by atoms with Crippen molar-refractivity contribution in [1.82, 2.24) is 29.2 Å². The van der Waals surface area contributed by atoms with E-state index in [4.69, 9.17) is 4.52 Å². The zero-order valence-corrected chi connectivity index (χ0v) is 17.9. The Morgan fingerprint density at radius 3 is 2.77 bits per heavy atom. The van der Waals surface area contributed by atoms with E-state index in [2.05, 4.69) is 27.1 Å². The van der Waals surface area contributed by atoms with Crippen LogP contribution < -0.4 is 5.56 Å². The molecule has 1 aromatic carbocycles. The lowest BCUT2D eigenvalue weighted by Gasteiger charge is -2.31. The molecule has 0 radical (unpaired) electrons. The summed E-state index contributed by atoms with van der Waals surface area (Å²) in [5.74, 6) is 1.10. The van der Waals surface area contributed by atoms with Crippen LogP contribution in [0, 0.1) is 6.92 Å². The first-order valence-electron chi connectivity index (χ1n) is 10.8. The average molecular weight is 419 g/mol. The maximum absolute atomic E-state index is 13.0. The fourth-order valence-electron chi connectivity index (χ4n) is 4.15. The molecular formula is C23H26N6O2. The topological polar surface area (TPSA) is 81.5 Å².